The smallest absolute Gasteiger partial charge is 0.251 e. The minimum atomic E-state index is -0.315. The molecule has 0 saturated heterocycles. The zero-order valence-corrected chi connectivity index (χ0v) is 13.1. The lowest BCUT2D eigenvalue weighted by atomic mass is 10.1. The summed E-state index contributed by atoms with van der Waals surface area (Å²) in [4.78, 5) is 23.5. The summed E-state index contributed by atoms with van der Waals surface area (Å²) in [5, 5.41) is 14.5. The molecule has 3 N–H and O–H groups in total. The molecule has 0 aliphatic rings. The zero-order valence-electron chi connectivity index (χ0n) is 13.1. The second-order valence-electron chi connectivity index (χ2n) is 5.28. The largest absolute Gasteiger partial charge is 0.508 e. The lowest BCUT2D eigenvalue weighted by Gasteiger charge is -2.07. The van der Waals surface area contributed by atoms with Crippen molar-refractivity contribution in [1.29, 1.82) is 0 Å². The second kappa shape index (κ2) is 8.67. The predicted molar refractivity (Wildman–Crippen MR) is 88.2 cm³/mol. The van der Waals surface area contributed by atoms with Crippen molar-refractivity contribution in [2.75, 3.05) is 13.1 Å². The quantitative estimate of drug-likeness (QED) is 0.680. The molecule has 126 valence electrons. The number of rotatable bonds is 7. The molecule has 0 spiro atoms. The Kier molecular flexibility index (Phi) is 6.31. The molecule has 0 heterocycles. The number of carbonyl (C=O) groups is 2. The first kappa shape index (κ1) is 17.5. The van der Waals surface area contributed by atoms with Gasteiger partial charge in [0, 0.05) is 25.1 Å². The Labute approximate surface area is 139 Å². The molecule has 0 fully saturated rings. The van der Waals surface area contributed by atoms with Gasteiger partial charge in [0.2, 0.25) is 5.91 Å². The van der Waals surface area contributed by atoms with Crippen molar-refractivity contribution in [1.82, 2.24) is 10.6 Å². The van der Waals surface area contributed by atoms with Crippen LogP contribution < -0.4 is 10.6 Å². The van der Waals surface area contributed by atoms with Crippen molar-refractivity contribution in [3.8, 4) is 5.75 Å². The van der Waals surface area contributed by atoms with E-state index in [4.69, 9.17) is 5.11 Å². The Morgan fingerprint density at radius 1 is 1.00 bits per heavy atom. The number of aryl methyl sites for hydroxylation is 1. The van der Waals surface area contributed by atoms with Crippen LogP contribution >= 0.6 is 0 Å². The third-order valence-corrected chi connectivity index (χ3v) is 3.39. The van der Waals surface area contributed by atoms with Crippen LogP contribution in [-0.2, 0) is 11.2 Å². The molecule has 0 atom stereocenters. The van der Waals surface area contributed by atoms with E-state index < -0.39 is 0 Å². The number of benzene rings is 2. The molecular weight excluding hydrogens is 311 g/mol. The van der Waals surface area contributed by atoms with E-state index >= 15 is 0 Å². The standard InChI is InChI=1S/C18H19FN2O3/c19-15-3-1-2-13(12-15)4-9-17(23)20-10-11-21-18(24)14-5-7-16(22)8-6-14/h1-3,5-8,12,22H,4,9-11H2,(H,20,23)(H,21,24). The first-order valence-corrected chi connectivity index (χ1v) is 7.63. The number of carbonyl (C=O) groups excluding carboxylic acids is 2. The zero-order chi connectivity index (χ0) is 17.4. The maximum absolute atomic E-state index is 13.0. The number of nitrogens with one attached hydrogen (secondary N) is 2. The van der Waals surface area contributed by atoms with Crippen LogP contribution in [0.15, 0.2) is 48.5 Å². The van der Waals surface area contributed by atoms with Gasteiger partial charge in [0.15, 0.2) is 0 Å². The van der Waals surface area contributed by atoms with E-state index in [9.17, 15) is 14.0 Å². The summed E-state index contributed by atoms with van der Waals surface area (Å²) in [5.74, 6) is -0.649. The number of phenolic OH excluding ortho intramolecular Hbond substituents is 1. The van der Waals surface area contributed by atoms with Gasteiger partial charge in [-0.1, -0.05) is 12.1 Å². The van der Waals surface area contributed by atoms with Crippen LogP contribution in [0.3, 0.4) is 0 Å². The van der Waals surface area contributed by atoms with Gasteiger partial charge in [0.1, 0.15) is 11.6 Å². The lowest BCUT2D eigenvalue weighted by molar-refractivity contribution is -0.121. The number of hydrogen-bond acceptors (Lipinski definition) is 3. The van der Waals surface area contributed by atoms with Gasteiger partial charge < -0.3 is 15.7 Å². The Morgan fingerprint density at radius 3 is 2.42 bits per heavy atom. The van der Waals surface area contributed by atoms with Gasteiger partial charge in [0.25, 0.3) is 5.91 Å². The highest BCUT2D eigenvalue weighted by molar-refractivity contribution is 5.94. The van der Waals surface area contributed by atoms with E-state index in [1.807, 2.05) is 0 Å². The number of aromatic hydroxyl groups is 1. The van der Waals surface area contributed by atoms with Crippen LogP contribution in [0.25, 0.3) is 0 Å². The molecule has 2 aromatic carbocycles. The van der Waals surface area contributed by atoms with Crippen LogP contribution in [0.2, 0.25) is 0 Å². The predicted octanol–water partition coefficient (Wildman–Crippen LogP) is 2.01. The van der Waals surface area contributed by atoms with Gasteiger partial charge >= 0.3 is 0 Å². The monoisotopic (exact) mass is 330 g/mol. The molecule has 0 bridgehead atoms. The van der Waals surface area contributed by atoms with Gasteiger partial charge in [-0.15, -0.1) is 0 Å². The molecular formula is C18H19FN2O3. The van der Waals surface area contributed by atoms with E-state index in [0.717, 1.165) is 5.56 Å². The lowest BCUT2D eigenvalue weighted by Crippen LogP contribution is -2.34. The number of amides is 2. The molecule has 6 heteroatoms. The summed E-state index contributed by atoms with van der Waals surface area (Å²) in [6.45, 7) is 0.608. The van der Waals surface area contributed by atoms with Gasteiger partial charge in [-0.2, -0.15) is 0 Å². The average molecular weight is 330 g/mol. The summed E-state index contributed by atoms with van der Waals surface area (Å²) in [6.07, 6.45) is 0.721. The second-order valence-corrected chi connectivity index (χ2v) is 5.28. The first-order chi connectivity index (χ1) is 11.5. The molecule has 2 amide bonds. The average Bonchev–Trinajstić information content (AvgIpc) is 2.57. The molecule has 0 unspecified atom stereocenters. The first-order valence-electron chi connectivity index (χ1n) is 7.63. The van der Waals surface area contributed by atoms with E-state index in [2.05, 4.69) is 10.6 Å². The van der Waals surface area contributed by atoms with E-state index in [-0.39, 0.29) is 29.8 Å². The fraction of sp³-hybridized carbons (Fsp3) is 0.222. The third-order valence-electron chi connectivity index (χ3n) is 3.39. The SMILES string of the molecule is O=C(CCc1cccc(F)c1)NCCNC(=O)c1ccc(O)cc1. The minimum Gasteiger partial charge on any atom is -0.508 e. The van der Waals surface area contributed by atoms with Crippen LogP contribution in [0.4, 0.5) is 4.39 Å². The molecule has 0 aliphatic heterocycles. The summed E-state index contributed by atoms with van der Waals surface area (Å²) in [5.41, 5.74) is 1.20. The van der Waals surface area contributed by atoms with Gasteiger partial charge in [-0.25, -0.2) is 4.39 Å². The summed E-state index contributed by atoms with van der Waals surface area (Å²) >= 11 is 0. The minimum absolute atomic E-state index is 0.0945. The summed E-state index contributed by atoms with van der Waals surface area (Å²) in [6, 6.07) is 12.1. The summed E-state index contributed by atoms with van der Waals surface area (Å²) in [7, 11) is 0. The normalized spacial score (nSPS) is 10.2. The molecule has 0 aliphatic carbocycles. The highest BCUT2D eigenvalue weighted by Crippen LogP contribution is 2.09. The molecule has 5 nitrogen and oxygen atoms in total. The molecule has 2 aromatic rings. The van der Waals surface area contributed by atoms with Crippen LogP contribution in [0.1, 0.15) is 22.3 Å². The number of hydrogen-bond donors (Lipinski definition) is 3. The van der Waals surface area contributed by atoms with Gasteiger partial charge in [-0.05, 0) is 48.4 Å². The van der Waals surface area contributed by atoms with Crippen LogP contribution in [0.5, 0.6) is 5.75 Å². The molecule has 2 rings (SSSR count). The van der Waals surface area contributed by atoms with Gasteiger partial charge in [0.05, 0.1) is 0 Å². The topological polar surface area (TPSA) is 78.4 Å². The summed E-state index contributed by atoms with van der Waals surface area (Å²) < 4.78 is 13.0. The van der Waals surface area contributed by atoms with Crippen molar-refractivity contribution < 1.29 is 19.1 Å². The van der Waals surface area contributed by atoms with Crippen molar-refractivity contribution in [3.05, 3.63) is 65.5 Å². The maximum atomic E-state index is 13.0. The Balaban J connectivity index is 1.64. The fourth-order valence-electron chi connectivity index (χ4n) is 2.13. The van der Waals surface area contributed by atoms with Crippen molar-refractivity contribution >= 4 is 11.8 Å². The highest BCUT2D eigenvalue weighted by atomic mass is 19.1. The Hall–Kier alpha value is -2.89. The number of phenols is 1. The molecule has 0 saturated carbocycles. The van der Waals surface area contributed by atoms with Crippen LogP contribution in [-0.4, -0.2) is 30.0 Å². The Bertz CT molecular complexity index is 702. The molecule has 24 heavy (non-hydrogen) atoms. The van der Waals surface area contributed by atoms with Crippen molar-refractivity contribution in [3.63, 3.8) is 0 Å². The molecule has 0 aromatic heterocycles. The molecule has 0 radical (unpaired) electrons. The maximum Gasteiger partial charge on any atom is 0.251 e. The van der Waals surface area contributed by atoms with Crippen molar-refractivity contribution in [2.24, 2.45) is 0 Å². The third kappa shape index (κ3) is 5.72. The van der Waals surface area contributed by atoms with E-state index in [0.29, 0.717) is 25.1 Å². The highest BCUT2D eigenvalue weighted by Gasteiger charge is 2.06. The van der Waals surface area contributed by atoms with Crippen molar-refractivity contribution in [2.45, 2.75) is 12.8 Å². The number of halogens is 1. The fourth-order valence-corrected chi connectivity index (χ4v) is 2.13. The van der Waals surface area contributed by atoms with Crippen LogP contribution in [0, 0.1) is 5.82 Å². The Morgan fingerprint density at radius 2 is 1.71 bits per heavy atom. The van der Waals surface area contributed by atoms with E-state index in [1.54, 1.807) is 12.1 Å². The van der Waals surface area contributed by atoms with E-state index in [1.165, 1.54) is 36.4 Å². The van der Waals surface area contributed by atoms with Gasteiger partial charge in [-0.3, -0.25) is 9.59 Å².